The van der Waals surface area contributed by atoms with Gasteiger partial charge in [-0.25, -0.2) is 0 Å². The van der Waals surface area contributed by atoms with Crippen LogP contribution in [-0.2, 0) is 0 Å². The van der Waals surface area contributed by atoms with Gasteiger partial charge in [0.2, 0.25) is 0 Å². The molecule has 0 fully saturated rings. The van der Waals surface area contributed by atoms with Crippen LogP contribution in [0, 0.1) is 10.1 Å². The first-order chi connectivity index (χ1) is 6.59. The predicted molar refractivity (Wildman–Crippen MR) is 57.4 cm³/mol. The Kier molecular flexibility index (Phi) is 2.09. The highest BCUT2D eigenvalue weighted by Crippen LogP contribution is 2.39. The van der Waals surface area contributed by atoms with Crippen molar-refractivity contribution >= 4 is 39.7 Å². The van der Waals surface area contributed by atoms with Crippen molar-refractivity contribution in [3.05, 3.63) is 27.6 Å². The lowest BCUT2D eigenvalue weighted by molar-refractivity contribution is -0.382. The van der Waals surface area contributed by atoms with Crippen LogP contribution in [0.1, 0.15) is 0 Å². The number of aromatic hydroxyl groups is 1. The Morgan fingerprint density at radius 1 is 1.50 bits per heavy atom. The van der Waals surface area contributed by atoms with Crippen LogP contribution in [0.4, 0.5) is 5.69 Å². The summed E-state index contributed by atoms with van der Waals surface area (Å²) in [5.74, 6) is -0.0968. The summed E-state index contributed by atoms with van der Waals surface area (Å²) in [4.78, 5) is 10.7. The number of thiophene rings is 1. The summed E-state index contributed by atoms with van der Waals surface area (Å²) in [6.45, 7) is 0. The minimum Gasteiger partial charge on any atom is -0.507 e. The summed E-state index contributed by atoms with van der Waals surface area (Å²) in [7, 11) is 0. The van der Waals surface area contributed by atoms with Gasteiger partial charge >= 0.3 is 0 Å². The van der Waals surface area contributed by atoms with Crippen molar-refractivity contribution in [2.45, 2.75) is 4.90 Å². The molecule has 0 bridgehead atoms. The molecule has 2 rings (SSSR count). The molecule has 0 spiro atoms. The Morgan fingerprint density at radius 3 is 2.86 bits per heavy atom. The van der Waals surface area contributed by atoms with Gasteiger partial charge in [-0.3, -0.25) is 10.1 Å². The zero-order valence-corrected chi connectivity index (χ0v) is 8.51. The first-order valence-electron chi connectivity index (χ1n) is 3.67. The Bertz CT molecular complexity index is 521. The van der Waals surface area contributed by atoms with E-state index in [4.69, 9.17) is 0 Å². The highest BCUT2D eigenvalue weighted by molar-refractivity contribution is 7.80. The number of hydrogen-bond acceptors (Lipinski definition) is 5. The standard InChI is InChI=1S/C8H5NO3S2/c10-6-1-4(13)2-7-8(6)5(3-14-7)9(11)12/h1-3,10,13H. The second-order valence-corrected chi connectivity index (χ2v) is 4.14. The fraction of sp³-hybridized carbons (Fsp3) is 0. The Labute approximate surface area is 88.4 Å². The molecule has 14 heavy (non-hydrogen) atoms. The minimum atomic E-state index is -0.503. The lowest BCUT2D eigenvalue weighted by Crippen LogP contribution is -1.85. The summed E-state index contributed by atoms with van der Waals surface area (Å²) in [5, 5.41) is 21.8. The molecule has 0 saturated carbocycles. The van der Waals surface area contributed by atoms with E-state index in [1.807, 2.05) is 0 Å². The maximum absolute atomic E-state index is 10.6. The highest BCUT2D eigenvalue weighted by Gasteiger charge is 2.17. The molecular formula is C8H5NO3S2. The number of nitrogens with zero attached hydrogens (tertiary/aromatic N) is 1. The largest absolute Gasteiger partial charge is 0.507 e. The fourth-order valence-corrected chi connectivity index (χ4v) is 2.55. The van der Waals surface area contributed by atoms with Gasteiger partial charge in [0.25, 0.3) is 5.69 Å². The van der Waals surface area contributed by atoms with E-state index in [1.54, 1.807) is 6.07 Å². The number of hydrogen-bond donors (Lipinski definition) is 2. The molecule has 2 aromatic rings. The number of phenols is 1. The summed E-state index contributed by atoms with van der Waals surface area (Å²) in [6, 6.07) is 3.08. The molecule has 0 saturated heterocycles. The van der Waals surface area contributed by atoms with Crippen LogP contribution in [0.3, 0.4) is 0 Å². The van der Waals surface area contributed by atoms with E-state index in [0.717, 1.165) is 0 Å². The second-order valence-electron chi connectivity index (χ2n) is 2.72. The average Bonchev–Trinajstić information content (AvgIpc) is 2.47. The van der Waals surface area contributed by atoms with Crippen LogP contribution in [0.5, 0.6) is 5.75 Å². The fourth-order valence-electron chi connectivity index (χ4n) is 1.25. The third-order valence-electron chi connectivity index (χ3n) is 1.82. The van der Waals surface area contributed by atoms with E-state index < -0.39 is 4.92 Å². The SMILES string of the molecule is O=[N+]([O-])c1csc2cc(S)cc(O)c12. The van der Waals surface area contributed by atoms with Gasteiger partial charge in [0.1, 0.15) is 11.1 Å². The molecule has 72 valence electrons. The van der Waals surface area contributed by atoms with E-state index in [9.17, 15) is 15.2 Å². The van der Waals surface area contributed by atoms with E-state index in [1.165, 1.54) is 22.8 Å². The number of fused-ring (bicyclic) bond motifs is 1. The van der Waals surface area contributed by atoms with Gasteiger partial charge in [-0.2, -0.15) is 0 Å². The minimum absolute atomic E-state index is 0.0594. The van der Waals surface area contributed by atoms with Gasteiger partial charge in [-0.05, 0) is 12.1 Å². The maximum Gasteiger partial charge on any atom is 0.291 e. The van der Waals surface area contributed by atoms with E-state index in [-0.39, 0.29) is 16.8 Å². The van der Waals surface area contributed by atoms with Crippen molar-refractivity contribution in [1.82, 2.24) is 0 Å². The number of thiol groups is 1. The predicted octanol–water partition coefficient (Wildman–Crippen LogP) is 2.80. The first-order valence-corrected chi connectivity index (χ1v) is 5.00. The number of phenolic OH excluding ortho intramolecular Hbond substituents is 1. The molecule has 1 N–H and O–H groups in total. The van der Waals surface area contributed by atoms with Crippen molar-refractivity contribution in [3.63, 3.8) is 0 Å². The van der Waals surface area contributed by atoms with Crippen molar-refractivity contribution < 1.29 is 10.0 Å². The van der Waals surface area contributed by atoms with Crippen LogP contribution in [0.15, 0.2) is 22.4 Å². The molecule has 0 aliphatic rings. The van der Waals surface area contributed by atoms with Crippen LogP contribution >= 0.6 is 24.0 Å². The lowest BCUT2D eigenvalue weighted by atomic mass is 10.2. The molecule has 0 amide bonds. The molecule has 0 aliphatic carbocycles. The van der Waals surface area contributed by atoms with Gasteiger partial charge in [-0.15, -0.1) is 24.0 Å². The molecule has 4 nitrogen and oxygen atoms in total. The van der Waals surface area contributed by atoms with Gasteiger partial charge in [0.15, 0.2) is 0 Å². The third-order valence-corrected chi connectivity index (χ3v) is 2.99. The van der Waals surface area contributed by atoms with Crippen LogP contribution < -0.4 is 0 Å². The van der Waals surface area contributed by atoms with Crippen molar-refractivity contribution in [2.24, 2.45) is 0 Å². The molecule has 1 heterocycles. The Balaban J connectivity index is 2.85. The maximum atomic E-state index is 10.6. The number of rotatable bonds is 1. The molecule has 1 aromatic carbocycles. The quantitative estimate of drug-likeness (QED) is 0.447. The highest BCUT2D eigenvalue weighted by atomic mass is 32.1. The van der Waals surface area contributed by atoms with Crippen LogP contribution in [-0.4, -0.2) is 10.0 Å². The average molecular weight is 227 g/mol. The zero-order chi connectivity index (χ0) is 10.3. The van der Waals surface area contributed by atoms with Gasteiger partial charge in [0, 0.05) is 9.60 Å². The summed E-state index contributed by atoms with van der Waals surface area (Å²) in [5.41, 5.74) is -0.0594. The summed E-state index contributed by atoms with van der Waals surface area (Å²) >= 11 is 5.29. The van der Waals surface area contributed by atoms with Gasteiger partial charge < -0.3 is 5.11 Å². The molecule has 0 atom stereocenters. The molecule has 1 aromatic heterocycles. The van der Waals surface area contributed by atoms with Gasteiger partial charge in [0.05, 0.1) is 10.3 Å². The smallest absolute Gasteiger partial charge is 0.291 e. The lowest BCUT2D eigenvalue weighted by Gasteiger charge is -1.96. The van der Waals surface area contributed by atoms with Crippen molar-refractivity contribution in [2.75, 3.05) is 0 Å². The summed E-state index contributed by atoms with van der Waals surface area (Å²) < 4.78 is 0.668. The van der Waals surface area contributed by atoms with E-state index in [0.29, 0.717) is 9.60 Å². The molecule has 0 unspecified atom stereocenters. The van der Waals surface area contributed by atoms with E-state index >= 15 is 0 Å². The second kappa shape index (κ2) is 3.14. The Hall–Kier alpha value is -1.27. The molecular weight excluding hydrogens is 222 g/mol. The van der Waals surface area contributed by atoms with Crippen molar-refractivity contribution in [3.8, 4) is 5.75 Å². The van der Waals surface area contributed by atoms with E-state index in [2.05, 4.69) is 12.6 Å². The monoisotopic (exact) mass is 227 g/mol. The van der Waals surface area contributed by atoms with Crippen LogP contribution in [0.25, 0.3) is 10.1 Å². The normalized spacial score (nSPS) is 10.6. The first kappa shape index (κ1) is 9.29. The Morgan fingerprint density at radius 2 is 2.21 bits per heavy atom. The topological polar surface area (TPSA) is 63.4 Å². The van der Waals surface area contributed by atoms with Gasteiger partial charge in [-0.1, -0.05) is 0 Å². The molecule has 0 aliphatic heterocycles. The number of benzene rings is 1. The summed E-state index contributed by atoms with van der Waals surface area (Å²) in [6.07, 6.45) is 0. The number of nitro groups is 1. The van der Waals surface area contributed by atoms with Crippen LogP contribution in [0.2, 0.25) is 0 Å². The van der Waals surface area contributed by atoms with Crippen molar-refractivity contribution in [1.29, 1.82) is 0 Å². The molecule has 6 heteroatoms. The zero-order valence-electron chi connectivity index (χ0n) is 6.80. The molecule has 0 radical (unpaired) electrons. The third kappa shape index (κ3) is 1.32.